The zero-order valence-electron chi connectivity index (χ0n) is 12.5. The highest BCUT2D eigenvalue weighted by atomic mass is 79.9. The lowest BCUT2D eigenvalue weighted by molar-refractivity contribution is -0.123. The number of carbonyl (C=O) groups excluding carboxylic acids is 1. The van der Waals surface area contributed by atoms with Crippen LogP contribution in [0.4, 0.5) is 5.88 Å². The molecule has 8 heteroatoms. The van der Waals surface area contributed by atoms with E-state index in [2.05, 4.69) is 26.5 Å². The Kier molecular flexibility index (Phi) is 6.06. The lowest BCUT2D eigenvalue weighted by Crippen LogP contribution is -2.24. The van der Waals surface area contributed by atoms with Gasteiger partial charge in [-0.25, -0.2) is 5.43 Å². The van der Waals surface area contributed by atoms with E-state index in [0.29, 0.717) is 22.4 Å². The lowest BCUT2D eigenvalue weighted by Gasteiger charge is -2.07. The first kappa shape index (κ1) is 17.4. The smallest absolute Gasteiger partial charge is 0.277 e. The lowest BCUT2D eigenvalue weighted by atomic mass is 10.3. The fraction of sp³-hybridized carbons (Fsp3) is 0.200. The summed E-state index contributed by atoms with van der Waals surface area (Å²) in [5.74, 6) is 1.36. The monoisotopic (exact) mass is 399 g/mol. The molecule has 0 aliphatic rings. The van der Waals surface area contributed by atoms with Gasteiger partial charge < -0.3 is 14.1 Å². The standard InChI is InChI=1S/C15H15BrClN3O3/c1-20(2)15-13(16)7-12(23-15)8-18-19-14(21)9-22-11-5-3-10(17)4-6-11/h3-8H,9H2,1-2H3,(H,19,21)/b18-8-. The molecule has 1 N–H and O–H groups in total. The Morgan fingerprint density at radius 2 is 2.13 bits per heavy atom. The van der Waals surface area contributed by atoms with Crippen molar-refractivity contribution in [3.8, 4) is 5.75 Å². The van der Waals surface area contributed by atoms with Crippen LogP contribution in [0.5, 0.6) is 5.75 Å². The molecule has 2 rings (SSSR count). The van der Waals surface area contributed by atoms with E-state index in [1.807, 2.05) is 19.0 Å². The van der Waals surface area contributed by atoms with Crippen LogP contribution >= 0.6 is 27.5 Å². The number of rotatable bonds is 6. The number of hydrazone groups is 1. The summed E-state index contributed by atoms with van der Waals surface area (Å²) in [6.45, 7) is -0.149. The molecule has 122 valence electrons. The Hall–Kier alpha value is -1.99. The average Bonchev–Trinajstić information content (AvgIpc) is 2.88. The summed E-state index contributed by atoms with van der Waals surface area (Å²) in [5, 5.41) is 4.43. The van der Waals surface area contributed by atoms with Gasteiger partial charge >= 0.3 is 0 Å². The number of hydrogen-bond donors (Lipinski definition) is 1. The number of amides is 1. The molecule has 0 bridgehead atoms. The minimum Gasteiger partial charge on any atom is -0.484 e. The number of ether oxygens (including phenoxy) is 1. The molecule has 0 saturated heterocycles. The third-order valence-corrected chi connectivity index (χ3v) is 3.48. The van der Waals surface area contributed by atoms with E-state index in [1.54, 1.807) is 30.3 Å². The highest BCUT2D eigenvalue weighted by Crippen LogP contribution is 2.27. The van der Waals surface area contributed by atoms with Gasteiger partial charge in [0.15, 0.2) is 12.4 Å². The van der Waals surface area contributed by atoms with Gasteiger partial charge in [-0.3, -0.25) is 4.79 Å². The van der Waals surface area contributed by atoms with E-state index in [-0.39, 0.29) is 12.5 Å². The number of hydrogen-bond acceptors (Lipinski definition) is 5. The fourth-order valence-corrected chi connectivity index (χ4v) is 2.41. The normalized spacial score (nSPS) is 10.8. The highest BCUT2D eigenvalue weighted by molar-refractivity contribution is 9.10. The first-order chi connectivity index (χ1) is 11.0. The second kappa shape index (κ2) is 8.03. The summed E-state index contributed by atoms with van der Waals surface area (Å²) >= 11 is 9.14. The van der Waals surface area contributed by atoms with E-state index in [9.17, 15) is 4.79 Å². The minimum absolute atomic E-state index is 0.149. The molecule has 1 aromatic heterocycles. The van der Waals surface area contributed by atoms with Crippen LogP contribution in [0.2, 0.25) is 5.02 Å². The van der Waals surface area contributed by atoms with Gasteiger partial charge in [-0.1, -0.05) is 11.6 Å². The zero-order chi connectivity index (χ0) is 16.8. The van der Waals surface area contributed by atoms with Crippen LogP contribution in [0, 0.1) is 0 Å². The third-order valence-electron chi connectivity index (χ3n) is 2.66. The molecular formula is C15H15BrClN3O3. The van der Waals surface area contributed by atoms with Gasteiger partial charge in [-0.05, 0) is 40.2 Å². The quantitative estimate of drug-likeness (QED) is 0.597. The Balaban J connectivity index is 1.81. The maximum Gasteiger partial charge on any atom is 0.277 e. The van der Waals surface area contributed by atoms with E-state index in [0.717, 1.165) is 4.47 Å². The van der Waals surface area contributed by atoms with Gasteiger partial charge in [0.1, 0.15) is 5.75 Å². The summed E-state index contributed by atoms with van der Waals surface area (Å²) in [6.07, 6.45) is 1.41. The molecule has 2 aromatic rings. The second-order valence-electron chi connectivity index (χ2n) is 4.73. The third kappa shape index (κ3) is 5.30. The van der Waals surface area contributed by atoms with Crippen molar-refractivity contribution in [1.82, 2.24) is 5.43 Å². The van der Waals surface area contributed by atoms with Crippen molar-refractivity contribution >= 4 is 45.5 Å². The number of carbonyl (C=O) groups is 1. The Bertz CT molecular complexity index is 698. The SMILES string of the molecule is CN(C)c1oc(/C=N\NC(=O)COc2ccc(Cl)cc2)cc1Br. The molecule has 0 spiro atoms. The molecule has 0 radical (unpaired) electrons. The van der Waals surface area contributed by atoms with Crippen LogP contribution in [0.15, 0.2) is 44.3 Å². The number of furan rings is 1. The first-order valence-electron chi connectivity index (χ1n) is 6.62. The second-order valence-corrected chi connectivity index (χ2v) is 6.02. The summed E-state index contributed by atoms with van der Waals surface area (Å²) in [5.41, 5.74) is 2.36. The summed E-state index contributed by atoms with van der Waals surface area (Å²) < 4.78 is 11.6. The summed E-state index contributed by atoms with van der Waals surface area (Å²) in [4.78, 5) is 13.4. The number of nitrogens with one attached hydrogen (secondary N) is 1. The predicted molar refractivity (Wildman–Crippen MR) is 93.4 cm³/mol. The predicted octanol–water partition coefficient (Wildman–Crippen LogP) is 3.29. The molecule has 0 saturated carbocycles. The summed E-state index contributed by atoms with van der Waals surface area (Å²) in [6, 6.07) is 8.49. The first-order valence-corrected chi connectivity index (χ1v) is 7.79. The van der Waals surface area contributed by atoms with Crippen molar-refractivity contribution in [2.45, 2.75) is 0 Å². The van der Waals surface area contributed by atoms with E-state index >= 15 is 0 Å². The molecule has 0 fully saturated rings. The largest absolute Gasteiger partial charge is 0.484 e. The van der Waals surface area contributed by atoms with E-state index < -0.39 is 0 Å². The van der Waals surface area contributed by atoms with Crippen molar-refractivity contribution in [1.29, 1.82) is 0 Å². The van der Waals surface area contributed by atoms with Gasteiger partial charge in [0.25, 0.3) is 5.91 Å². The number of benzene rings is 1. The minimum atomic E-state index is -0.380. The van der Waals surface area contributed by atoms with Gasteiger partial charge in [-0.2, -0.15) is 5.10 Å². The van der Waals surface area contributed by atoms with Gasteiger partial charge in [0.05, 0.1) is 10.7 Å². The van der Waals surface area contributed by atoms with Crippen molar-refractivity contribution in [2.75, 3.05) is 25.6 Å². The molecule has 0 atom stereocenters. The number of anilines is 1. The molecule has 0 aliphatic carbocycles. The Morgan fingerprint density at radius 1 is 1.43 bits per heavy atom. The maximum atomic E-state index is 11.6. The molecule has 1 aromatic carbocycles. The van der Waals surface area contributed by atoms with Gasteiger partial charge in [0, 0.05) is 25.2 Å². The van der Waals surface area contributed by atoms with E-state index in [4.69, 9.17) is 20.8 Å². The van der Waals surface area contributed by atoms with Crippen LogP contribution in [-0.4, -0.2) is 32.8 Å². The topological polar surface area (TPSA) is 67.1 Å². The van der Waals surface area contributed by atoms with Crippen LogP contribution in [0.1, 0.15) is 5.76 Å². The molecular weight excluding hydrogens is 386 g/mol. The van der Waals surface area contributed by atoms with Crippen molar-refractivity contribution in [3.05, 3.63) is 45.6 Å². The number of halogens is 2. The molecule has 23 heavy (non-hydrogen) atoms. The van der Waals surface area contributed by atoms with Crippen molar-refractivity contribution in [2.24, 2.45) is 5.10 Å². The zero-order valence-corrected chi connectivity index (χ0v) is 14.9. The Labute approximate surface area is 147 Å². The summed E-state index contributed by atoms with van der Waals surface area (Å²) in [7, 11) is 3.72. The maximum absolute atomic E-state index is 11.6. The molecule has 1 heterocycles. The average molecular weight is 401 g/mol. The van der Waals surface area contributed by atoms with Gasteiger partial charge in [-0.15, -0.1) is 0 Å². The van der Waals surface area contributed by atoms with Crippen LogP contribution in [-0.2, 0) is 4.79 Å². The Morgan fingerprint density at radius 3 is 2.74 bits per heavy atom. The van der Waals surface area contributed by atoms with Crippen LogP contribution in [0.3, 0.4) is 0 Å². The van der Waals surface area contributed by atoms with Gasteiger partial charge in [0.2, 0.25) is 5.88 Å². The van der Waals surface area contributed by atoms with Crippen molar-refractivity contribution in [3.63, 3.8) is 0 Å². The molecule has 0 unspecified atom stereocenters. The molecule has 6 nitrogen and oxygen atoms in total. The molecule has 1 amide bonds. The number of nitrogens with zero attached hydrogens (tertiary/aromatic N) is 2. The highest BCUT2D eigenvalue weighted by Gasteiger charge is 2.09. The van der Waals surface area contributed by atoms with Crippen LogP contribution in [0.25, 0.3) is 0 Å². The van der Waals surface area contributed by atoms with Crippen molar-refractivity contribution < 1.29 is 13.9 Å². The van der Waals surface area contributed by atoms with Crippen LogP contribution < -0.4 is 15.1 Å². The fourth-order valence-electron chi connectivity index (χ4n) is 1.62. The molecule has 0 aliphatic heterocycles. The van der Waals surface area contributed by atoms with E-state index in [1.165, 1.54) is 6.21 Å².